The van der Waals surface area contributed by atoms with E-state index in [0.29, 0.717) is 18.5 Å². The predicted octanol–water partition coefficient (Wildman–Crippen LogP) is 1.22. The number of nitrogens with one attached hydrogen (secondary N) is 3. The van der Waals surface area contributed by atoms with Crippen molar-refractivity contribution >= 4 is 29.4 Å². The highest BCUT2D eigenvalue weighted by molar-refractivity contribution is 6.09. The number of nitrogens with zero attached hydrogens (tertiary/aromatic N) is 1. The van der Waals surface area contributed by atoms with Gasteiger partial charge in [0.1, 0.15) is 12.1 Å². The fraction of sp³-hybridized carbons (Fsp3) is 0.474. The van der Waals surface area contributed by atoms with E-state index in [-0.39, 0.29) is 24.9 Å². The van der Waals surface area contributed by atoms with Crippen LogP contribution in [0.25, 0.3) is 0 Å². The Morgan fingerprint density at radius 1 is 1.15 bits per heavy atom. The first-order valence-corrected chi connectivity index (χ1v) is 9.09. The number of carbonyl (C=O) groups excluding carboxylic acids is 4. The number of hydrogen-bond donors (Lipinski definition) is 3. The van der Waals surface area contributed by atoms with Crippen molar-refractivity contribution in [2.24, 2.45) is 0 Å². The van der Waals surface area contributed by atoms with Gasteiger partial charge in [-0.05, 0) is 43.9 Å². The fourth-order valence-corrected chi connectivity index (χ4v) is 3.60. The SMILES string of the molecule is Cc1cccc(NC(=O)CNC(=O)CN2C(=O)NC3(CCCC3)C2=O)c1C. The van der Waals surface area contributed by atoms with E-state index in [1.807, 2.05) is 26.0 Å². The van der Waals surface area contributed by atoms with Crippen molar-refractivity contribution < 1.29 is 19.2 Å². The van der Waals surface area contributed by atoms with Gasteiger partial charge in [-0.2, -0.15) is 0 Å². The van der Waals surface area contributed by atoms with Crippen molar-refractivity contribution in [1.29, 1.82) is 0 Å². The summed E-state index contributed by atoms with van der Waals surface area (Å²) in [6, 6.07) is 5.03. The summed E-state index contributed by atoms with van der Waals surface area (Å²) >= 11 is 0. The molecule has 2 aliphatic rings. The van der Waals surface area contributed by atoms with Gasteiger partial charge in [0.2, 0.25) is 11.8 Å². The molecule has 0 unspecified atom stereocenters. The van der Waals surface area contributed by atoms with Crippen molar-refractivity contribution in [3.8, 4) is 0 Å². The molecule has 1 aliphatic heterocycles. The molecule has 3 N–H and O–H groups in total. The predicted molar refractivity (Wildman–Crippen MR) is 99.0 cm³/mol. The van der Waals surface area contributed by atoms with E-state index >= 15 is 0 Å². The molecule has 3 rings (SSSR count). The number of urea groups is 1. The van der Waals surface area contributed by atoms with Crippen LogP contribution in [0.1, 0.15) is 36.8 Å². The maximum absolute atomic E-state index is 12.5. The van der Waals surface area contributed by atoms with Gasteiger partial charge in [0, 0.05) is 5.69 Å². The van der Waals surface area contributed by atoms with E-state index < -0.39 is 17.5 Å². The lowest BCUT2D eigenvalue weighted by Gasteiger charge is -2.19. The third kappa shape index (κ3) is 3.79. The molecule has 1 aromatic carbocycles. The van der Waals surface area contributed by atoms with Gasteiger partial charge >= 0.3 is 6.03 Å². The Bertz CT molecular complexity index is 799. The van der Waals surface area contributed by atoms with Crippen LogP contribution in [0.15, 0.2) is 18.2 Å². The van der Waals surface area contributed by atoms with Crippen LogP contribution in [-0.2, 0) is 14.4 Å². The molecule has 2 fully saturated rings. The van der Waals surface area contributed by atoms with Crippen molar-refractivity contribution in [3.63, 3.8) is 0 Å². The van der Waals surface area contributed by atoms with E-state index in [4.69, 9.17) is 0 Å². The summed E-state index contributed by atoms with van der Waals surface area (Å²) in [5, 5.41) is 7.92. The number of amides is 5. The maximum atomic E-state index is 12.5. The van der Waals surface area contributed by atoms with Crippen LogP contribution in [0, 0.1) is 13.8 Å². The van der Waals surface area contributed by atoms with E-state index in [9.17, 15) is 19.2 Å². The summed E-state index contributed by atoms with van der Waals surface area (Å²) in [6.07, 6.45) is 2.97. The van der Waals surface area contributed by atoms with Crippen LogP contribution in [0.4, 0.5) is 10.5 Å². The number of hydrogen-bond acceptors (Lipinski definition) is 4. The average molecular weight is 372 g/mol. The number of benzene rings is 1. The van der Waals surface area contributed by atoms with Crippen molar-refractivity contribution in [2.45, 2.75) is 45.1 Å². The number of rotatable bonds is 5. The van der Waals surface area contributed by atoms with Crippen LogP contribution >= 0.6 is 0 Å². The number of carbonyl (C=O) groups is 4. The van der Waals surface area contributed by atoms with Crippen LogP contribution < -0.4 is 16.0 Å². The Morgan fingerprint density at radius 3 is 2.56 bits per heavy atom. The molecule has 1 spiro atoms. The molecular weight excluding hydrogens is 348 g/mol. The summed E-state index contributed by atoms with van der Waals surface area (Å²) in [7, 11) is 0. The van der Waals surface area contributed by atoms with Gasteiger partial charge < -0.3 is 16.0 Å². The molecule has 5 amide bonds. The van der Waals surface area contributed by atoms with Gasteiger partial charge in [0.15, 0.2) is 0 Å². The van der Waals surface area contributed by atoms with E-state index in [0.717, 1.165) is 28.9 Å². The van der Waals surface area contributed by atoms with Crippen molar-refractivity contribution in [3.05, 3.63) is 29.3 Å². The molecular formula is C19H24N4O4. The van der Waals surface area contributed by atoms with Gasteiger partial charge in [-0.25, -0.2) is 4.79 Å². The summed E-state index contributed by atoms with van der Waals surface area (Å²) < 4.78 is 0. The van der Waals surface area contributed by atoms with Gasteiger partial charge in [-0.1, -0.05) is 25.0 Å². The molecule has 0 radical (unpaired) electrons. The van der Waals surface area contributed by atoms with Crippen LogP contribution in [0.5, 0.6) is 0 Å². The summed E-state index contributed by atoms with van der Waals surface area (Å²) in [5.74, 6) is -1.27. The summed E-state index contributed by atoms with van der Waals surface area (Å²) in [6.45, 7) is 3.23. The molecule has 0 aromatic heterocycles. The lowest BCUT2D eigenvalue weighted by Crippen LogP contribution is -2.46. The quantitative estimate of drug-likeness (QED) is 0.676. The van der Waals surface area contributed by atoms with E-state index in [1.54, 1.807) is 6.07 Å². The second-order valence-electron chi connectivity index (χ2n) is 7.18. The lowest BCUT2D eigenvalue weighted by atomic mass is 9.98. The van der Waals surface area contributed by atoms with Gasteiger partial charge in [-0.3, -0.25) is 19.3 Å². The van der Waals surface area contributed by atoms with Crippen LogP contribution in [0.3, 0.4) is 0 Å². The molecule has 1 saturated carbocycles. The number of imide groups is 1. The fourth-order valence-electron chi connectivity index (χ4n) is 3.60. The Morgan fingerprint density at radius 2 is 1.85 bits per heavy atom. The normalized spacial score (nSPS) is 17.9. The Labute approximate surface area is 157 Å². The second kappa shape index (κ2) is 7.38. The minimum Gasteiger partial charge on any atom is -0.345 e. The second-order valence-corrected chi connectivity index (χ2v) is 7.18. The molecule has 1 aliphatic carbocycles. The van der Waals surface area contributed by atoms with E-state index in [1.165, 1.54) is 0 Å². The third-order valence-corrected chi connectivity index (χ3v) is 5.33. The molecule has 0 bridgehead atoms. The zero-order valence-electron chi connectivity index (χ0n) is 15.6. The van der Waals surface area contributed by atoms with Crippen molar-refractivity contribution in [1.82, 2.24) is 15.5 Å². The maximum Gasteiger partial charge on any atom is 0.325 e. The first kappa shape index (κ1) is 18.9. The Hall–Kier alpha value is -2.90. The Balaban J connectivity index is 1.51. The molecule has 1 heterocycles. The average Bonchev–Trinajstić information content (AvgIpc) is 3.18. The zero-order valence-corrected chi connectivity index (χ0v) is 15.6. The topological polar surface area (TPSA) is 108 Å². The molecule has 8 heteroatoms. The minimum absolute atomic E-state index is 0.235. The molecule has 0 atom stereocenters. The molecule has 1 saturated heterocycles. The summed E-state index contributed by atoms with van der Waals surface area (Å²) in [4.78, 5) is 49.7. The molecule has 1 aromatic rings. The van der Waals surface area contributed by atoms with Gasteiger partial charge in [0.05, 0.1) is 6.54 Å². The molecule has 144 valence electrons. The highest BCUT2D eigenvalue weighted by Crippen LogP contribution is 2.34. The highest BCUT2D eigenvalue weighted by Gasteiger charge is 2.52. The molecule has 8 nitrogen and oxygen atoms in total. The Kier molecular flexibility index (Phi) is 5.16. The number of aryl methyl sites for hydroxylation is 1. The monoisotopic (exact) mass is 372 g/mol. The smallest absolute Gasteiger partial charge is 0.325 e. The van der Waals surface area contributed by atoms with Gasteiger partial charge in [0.25, 0.3) is 5.91 Å². The van der Waals surface area contributed by atoms with E-state index in [2.05, 4.69) is 16.0 Å². The van der Waals surface area contributed by atoms with Crippen LogP contribution in [-0.4, -0.2) is 47.3 Å². The largest absolute Gasteiger partial charge is 0.345 e. The first-order valence-electron chi connectivity index (χ1n) is 9.09. The highest BCUT2D eigenvalue weighted by atomic mass is 16.2. The zero-order chi connectivity index (χ0) is 19.6. The van der Waals surface area contributed by atoms with Gasteiger partial charge in [-0.15, -0.1) is 0 Å². The first-order chi connectivity index (χ1) is 12.8. The summed E-state index contributed by atoms with van der Waals surface area (Å²) in [5.41, 5.74) is 1.86. The van der Waals surface area contributed by atoms with Crippen molar-refractivity contribution in [2.75, 3.05) is 18.4 Å². The number of anilines is 1. The molecule has 27 heavy (non-hydrogen) atoms. The third-order valence-electron chi connectivity index (χ3n) is 5.33. The minimum atomic E-state index is -0.836. The standard InChI is InChI=1S/C19H24N4O4/c1-12-6-5-7-14(13(12)2)21-15(24)10-20-16(25)11-23-17(26)19(22-18(23)27)8-3-4-9-19/h5-7H,3-4,8-11H2,1-2H3,(H,20,25)(H,21,24)(H,22,27). The lowest BCUT2D eigenvalue weighted by molar-refractivity contribution is -0.135. The van der Waals surface area contributed by atoms with Crippen LogP contribution in [0.2, 0.25) is 0 Å².